The van der Waals surface area contributed by atoms with Gasteiger partial charge in [0.05, 0.1) is 5.41 Å². The predicted octanol–water partition coefficient (Wildman–Crippen LogP) is 3.41. The molecule has 2 heterocycles. The molecule has 2 N–H and O–H groups in total. The van der Waals surface area contributed by atoms with Gasteiger partial charge in [-0.2, -0.15) is 0 Å². The highest BCUT2D eigenvalue weighted by atomic mass is 32.1. The lowest BCUT2D eigenvalue weighted by Gasteiger charge is -2.33. The van der Waals surface area contributed by atoms with Gasteiger partial charge in [-0.1, -0.05) is 30.3 Å². The van der Waals surface area contributed by atoms with Crippen LogP contribution >= 0.6 is 11.3 Å². The van der Waals surface area contributed by atoms with Crippen molar-refractivity contribution in [2.45, 2.75) is 19.3 Å². The topological polar surface area (TPSA) is 49.3 Å². The van der Waals surface area contributed by atoms with E-state index in [2.05, 4.69) is 28.9 Å². The molecule has 1 aliphatic heterocycles. The number of piperidine rings is 1. The molecule has 1 aromatic carbocycles. The number of hydrogen-bond acceptors (Lipinski definition) is 3. The lowest BCUT2D eigenvalue weighted by atomic mass is 9.75. The number of rotatable bonds is 4. The van der Waals surface area contributed by atoms with Crippen molar-refractivity contribution in [2.75, 3.05) is 13.1 Å². The zero-order valence-corrected chi connectivity index (χ0v) is 12.7. The van der Waals surface area contributed by atoms with Crippen LogP contribution in [0.5, 0.6) is 0 Å². The van der Waals surface area contributed by atoms with Crippen LogP contribution in [0.1, 0.15) is 18.4 Å². The largest absolute Gasteiger partial charge is 0.481 e. The third-order valence-corrected chi connectivity index (χ3v) is 5.12. The summed E-state index contributed by atoms with van der Waals surface area (Å²) >= 11 is 1.71. The van der Waals surface area contributed by atoms with Gasteiger partial charge in [0.15, 0.2) is 0 Å². The van der Waals surface area contributed by atoms with Gasteiger partial charge in [-0.15, -0.1) is 11.3 Å². The number of aliphatic carboxylic acids is 1. The molecule has 0 bridgehead atoms. The van der Waals surface area contributed by atoms with E-state index in [4.69, 9.17) is 0 Å². The molecule has 1 aliphatic rings. The first-order valence-electron chi connectivity index (χ1n) is 7.27. The van der Waals surface area contributed by atoms with Gasteiger partial charge in [0, 0.05) is 11.4 Å². The Morgan fingerprint density at radius 3 is 2.90 bits per heavy atom. The standard InChI is InChI=1S/C17H19NO2S/c19-16(20)17(7-3-8-18-12-17)11-13-4-1-5-14(10-13)15-6-2-9-21-15/h1-2,4-6,9-10,18H,3,7-8,11-12H2,(H,19,20)/t17-/m0/s1. The maximum absolute atomic E-state index is 11.8. The van der Waals surface area contributed by atoms with Crippen LogP contribution in [0.2, 0.25) is 0 Å². The van der Waals surface area contributed by atoms with Crippen molar-refractivity contribution < 1.29 is 9.90 Å². The second-order valence-electron chi connectivity index (χ2n) is 5.72. The summed E-state index contributed by atoms with van der Waals surface area (Å²) in [6.45, 7) is 1.48. The maximum atomic E-state index is 11.8. The van der Waals surface area contributed by atoms with Crippen LogP contribution in [-0.4, -0.2) is 24.2 Å². The van der Waals surface area contributed by atoms with Crippen molar-refractivity contribution in [3.63, 3.8) is 0 Å². The second kappa shape index (κ2) is 6.00. The molecule has 0 radical (unpaired) electrons. The first-order chi connectivity index (χ1) is 10.2. The van der Waals surface area contributed by atoms with Crippen LogP contribution in [0, 0.1) is 5.41 Å². The molecule has 4 heteroatoms. The second-order valence-corrected chi connectivity index (χ2v) is 6.67. The van der Waals surface area contributed by atoms with Crippen molar-refractivity contribution in [2.24, 2.45) is 5.41 Å². The molecule has 1 fully saturated rings. The summed E-state index contributed by atoms with van der Waals surface area (Å²) in [5.74, 6) is -0.684. The molecular weight excluding hydrogens is 282 g/mol. The Bertz CT molecular complexity index is 615. The average molecular weight is 301 g/mol. The molecule has 3 nitrogen and oxygen atoms in total. The molecule has 0 amide bonds. The van der Waals surface area contributed by atoms with E-state index in [1.165, 1.54) is 10.4 Å². The molecule has 3 rings (SSSR count). The van der Waals surface area contributed by atoms with Gasteiger partial charge in [0.2, 0.25) is 0 Å². The number of nitrogens with one attached hydrogen (secondary N) is 1. The van der Waals surface area contributed by atoms with Gasteiger partial charge >= 0.3 is 5.97 Å². The van der Waals surface area contributed by atoms with Gasteiger partial charge < -0.3 is 10.4 Å². The zero-order chi connectivity index (χ0) is 14.7. The predicted molar refractivity (Wildman–Crippen MR) is 85.6 cm³/mol. The lowest BCUT2D eigenvalue weighted by molar-refractivity contribution is -0.150. The third-order valence-electron chi connectivity index (χ3n) is 4.20. The van der Waals surface area contributed by atoms with Crippen molar-refractivity contribution in [3.8, 4) is 10.4 Å². The van der Waals surface area contributed by atoms with E-state index in [0.29, 0.717) is 13.0 Å². The number of carboxylic acids is 1. The molecule has 0 aliphatic carbocycles. The average Bonchev–Trinajstić information content (AvgIpc) is 3.02. The highest BCUT2D eigenvalue weighted by molar-refractivity contribution is 7.13. The van der Waals surface area contributed by atoms with Gasteiger partial charge in [-0.3, -0.25) is 4.79 Å². The summed E-state index contributed by atoms with van der Waals surface area (Å²) in [5.41, 5.74) is 1.62. The van der Waals surface area contributed by atoms with Gasteiger partial charge in [0.25, 0.3) is 0 Å². The smallest absolute Gasteiger partial charge is 0.311 e. The summed E-state index contributed by atoms with van der Waals surface area (Å²) < 4.78 is 0. The lowest BCUT2D eigenvalue weighted by Crippen LogP contribution is -2.47. The van der Waals surface area contributed by atoms with Crippen LogP contribution in [0.3, 0.4) is 0 Å². The monoisotopic (exact) mass is 301 g/mol. The SMILES string of the molecule is O=C(O)[C@]1(Cc2cccc(-c3cccs3)c2)CCCNC1. The van der Waals surface area contributed by atoms with Gasteiger partial charge in [-0.05, 0) is 48.4 Å². The van der Waals surface area contributed by atoms with Crippen molar-refractivity contribution >= 4 is 17.3 Å². The Morgan fingerprint density at radius 2 is 2.24 bits per heavy atom. The fourth-order valence-corrected chi connectivity index (χ4v) is 3.77. The van der Waals surface area contributed by atoms with E-state index in [1.54, 1.807) is 11.3 Å². The number of carboxylic acid groups (broad SMARTS) is 1. The molecule has 0 spiro atoms. The van der Waals surface area contributed by atoms with Gasteiger partial charge in [-0.25, -0.2) is 0 Å². The summed E-state index contributed by atoms with van der Waals surface area (Å²) in [6.07, 6.45) is 2.27. The van der Waals surface area contributed by atoms with E-state index in [0.717, 1.165) is 24.9 Å². The van der Waals surface area contributed by atoms with E-state index in [-0.39, 0.29) is 0 Å². The highest BCUT2D eigenvalue weighted by Gasteiger charge is 2.39. The Kier molecular flexibility index (Phi) is 4.08. The van der Waals surface area contributed by atoms with E-state index >= 15 is 0 Å². The van der Waals surface area contributed by atoms with E-state index in [1.807, 2.05) is 18.2 Å². The number of carbonyl (C=O) groups is 1. The molecule has 21 heavy (non-hydrogen) atoms. The summed E-state index contributed by atoms with van der Waals surface area (Å²) in [5, 5.41) is 15.0. The van der Waals surface area contributed by atoms with Crippen LogP contribution in [0.15, 0.2) is 41.8 Å². The minimum absolute atomic E-state index is 0.561. The minimum atomic E-state index is -0.684. The van der Waals surface area contributed by atoms with Crippen molar-refractivity contribution in [1.82, 2.24) is 5.32 Å². The number of thiophene rings is 1. The molecule has 1 aromatic heterocycles. The van der Waals surface area contributed by atoms with Crippen LogP contribution < -0.4 is 5.32 Å². The Labute approximate surface area is 128 Å². The number of hydrogen-bond donors (Lipinski definition) is 2. The van der Waals surface area contributed by atoms with Crippen LogP contribution in [0.25, 0.3) is 10.4 Å². The first-order valence-corrected chi connectivity index (χ1v) is 8.15. The van der Waals surface area contributed by atoms with Crippen molar-refractivity contribution in [1.29, 1.82) is 0 Å². The molecule has 110 valence electrons. The quantitative estimate of drug-likeness (QED) is 0.910. The Balaban J connectivity index is 1.86. The normalized spacial score (nSPS) is 22.1. The highest BCUT2D eigenvalue weighted by Crippen LogP contribution is 2.33. The molecule has 1 saturated heterocycles. The summed E-state index contributed by atoms with van der Waals surface area (Å²) in [6, 6.07) is 12.4. The third kappa shape index (κ3) is 3.01. The fourth-order valence-electron chi connectivity index (χ4n) is 3.04. The molecular formula is C17H19NO2S. The van der Waals surface area contributed by atoms with Gasteiger partial charge in [0.1, 0.15) is 0 Å². The Morgan fingerprint density at radius 1 is 1.33 bits per heavy atom. The maximum Gasteiger partial charge on any atom is 0.311 e. The molecule has 1 atom stereocenters. The first kappa shape index (κ1) is 14.3. The zero-order valence-electron chi connectivity index (χ0n) is 11.8. The fraction of sp³-hybridized carbons (Fsp3) is 0.353. The van der Waals surface area contributed by atoms with E-state index in [9.17, 15) is 9.90 Å². The van der Waals surface area contributed by atoms with E-state index < -0.39 is 11.4 Å². The summed E-state index contributed by atoms with van der Waals surface area (Å²) in [7, 11) is 0. The van der Waals surface area contributed by atoms with Crippen LogP contribution in [-0.2, 0) is 11.2 Å². The number of benzene rings is 1. The molecule has 0 unspecified atom stereocenters. The van der Waals surface area contributed by atoms with Crippen LogP contribution in [0.4, 0.5) is 0 Å². The Hall–Kier alpha value is -1.65. The molecule has 0 saturated carbocycles. The summed E-state index contributed by atoms with van der Waals surface area (Å²) in [4.78, 5) is 13.0. The van der Waals surface area contributed by atoms with Crippen molar-refractivity contribution in [3.05, 3.63) is 47.3 Å². The molecule has 2 aromatic rings. The minimum Gasteiger partial charge on any atom is -0.481 e.